The fourth-order valence-electron chi connectivity index (χ4n) is 4.60. The van der Waals surface area contributed by atoms with Crippen LogP contribution in [0.25, 0.3) is 0 Å². The highest BCUT2D eigenvalue weighted by Gasteiger charge is 2.30. The quantitative estimate of drug-likeness (QED) is 0.544. The van der Waals surface area contributed by atoms with Gasteiger partial charge in [-0.1, -0.05) is 41.4 Å². The fourth-order valence-corrected chi connectivity index (χ4v) is 4.98. The molecule has 1 atom stereocenters. The van der Waals surface area contributed by atoms with Crippen LogP contribution in [0.4, 0.5) is 10.5 Å². The number of nitrogens with one attached hydrogen (secondary N) is 3. The number of benzene rings is 2. The zero-order valence-corrected chi connectivity index (χ0v) is 21.4. The van der Waals surface area contributed by atoms with Crippen molar-refractivity contribution in [3.8, 4) is 0 Å². The molecule has 35 heavy (non-hydrogen) atoms. The maximum Gasteiger partial charge on any atom is 0.320 e. The lowest BCUT2D eigenvalue weighted by molar-refractivity contribution is -0.129. The number of nitrogens with zero attached hydrogens (tertiary/aromatic N) is 3. The third-order valence-corrected chi connectivity index (χ3v) is 7.24. The van der Waals surface area contributed by atoms with Gasteiger partial charge in [0.1, 0.15) is 6.04 Å². The smallest absolute Gasteiger partial charge is 0.320 e. The van der Waals surface area contributed by atoms with E-state index in [-0.39, 0.29) is 5.91 Å². The zero-order chi connectivity index (χ0) is 24.8. The maximum atomic E-state index is 13.3. The van der Waals surface area contributed by atoms with Gasteiger partial charge in [-0.25, -0.2) is 9.80 Å². The van der Waals surface area contributed by atoms with E-state index in [0.29, 0.717) is 27.3 Å². The van der Waals surface area contributed by atoms with E-state index in [0.717, 1.165) is 39.3 Å². The topological polar surface area (TPSA) is 80.0 Å². The number of hydrogen-bond acceptors (Lipinski definition) is 5. The summed E-state index contributed by atoms with van der Waals surface area (Å²) >= 11 is 12.3. The van der Waals surface area contributed by atoms with Gasteiger partial charge >= 0.3 is 6.03 Å². The van der Waals surface area contributed by atoms with Crippen LogP contribution >= 0.6 is 23.2 Å². The average molecular weight is 519 g/mol. The molecule has 2 aliphatic heterocycles. The number of hydrazine groups is 1. The highest BCUT2D eigenvalue weighted by atomic mass is 35.5. The van der Waals surface area contributed by atoms with Gasteiger partial charge in [0.25, 0.3) is 5.91 Å². The summed E-state index contributed by atoms with van der Waals surface area (Å²) in [6.45, 7) is 5.51. The first-order valence-electron chi connectivity index (χ1n) is 11.9. The van der Waals surface area contributed by atoms with Gasteiger partial charge in [-0.3, -0.25) is 15.1 Å². The van der Waals surface area contributed by atoms with Crippen molar-refractivity contribution in [1.82, 2.24) is 25.6 Å². The summed E-state index contributed by atoms with van der Waals surface area (Å²) in [6.07, 6.45) is 2.37. The number of hydrogen-bond donors (Lipinski definition) is 3. The van der Waals surface area contributed by atoms with Crippen LogP contribution in [0.1, 0.15) is 24.4 Å². The van der Waals surface area contributed by atoms with Crippen LogP contribution in [-0.2, 0) is 4.79 Å². The molecule has 0 radical (unpaired) electrons. The normalized spacial score (nSPS) is 19.2. The number of piperidine rings is 1. The minimum absolute atomic E-state index is 0.336. The van der Waals surface area contributed by atoms with E-state index in [9.17, 15) is 9.59 Å². The van der Waals surface area contributed by atoms with Crippen LogP contribution in [-0.4, -0.2) is 79.1 Å². The van der Waals surface area contributed by atoms with E-state index >= 15 is 0 Å². The Bertz CT molecular complexity index is 1010. The minimum Gasteiger partial charge on any atom is -0.322 e. The lowest BCUT2D eigenvalue weighted by atomic mass is 10.0. The Hall–Kier alpha value is -2.36. The lowest BCUT2D eigenvalue weighted by Gasteiger charge is -2.42. The second kappa shape index (κ2) is 12.1. The summed E-state index contributed by atoms with van der Waals surface area (Å²) in [5, 5.41) is 8.41. The van der Waals surface area contributed by atoms with Crippen molar-refractivity contribution in [2.24, 2.45) is 0 Å². The molecule has 0 aliphatic carbocycles. The summed E-state index contributed by atoms with van der Waals surface area (Å²) in [5.74, 6) is -0.336. The van der Waals surface area contributed by atoms with Crippen molar-refractivity contribution in [1.29, 1.82) is 0 Å². The zero-order valence-electron chi connectivity index (χ0n) is 19.8. The van der Waals surface area contributed by atoms with E-state index in [1.807, 2.05) is 5.01 Å². The van der Waals surface area contributed by atoms with Crippen LogP contribution in [0.5, 0.6) is 0 Å². The summed E-state index contributed by atoms with van der Waals surface area (Å²) in [7, 11) is 2.17. The molecule has 8 nitrogen and oxygen atoms in total. The largest absolute Gasteiger partial charge is 0.322 e. The van der Waals surface area contributed by atoms with Gasteiger partial charge in [0.05, 0.1) is 0 Å². The van der Waals surface area contributed by atoms with Crippen molar-refractivity contribution >= 4 is 40.8 Å². The third-order valence-electron chi connectivity index (χ3n) is 6.64. The molecule has 3 N–H and O–H groups in total. The van der Waals surface area contributed by atoms with Gasteiger partial charge in [-0.2, -0.15) is 0 Å². The second-order valence-corrected chi connectivity index (χ2v) is 9.94. The number of rotatable bonds is 6. The molecule has 0 bridgehead atoms. The molecule has 2 heterocycles. The van der Waals surface area contributed by atoms with Crippen molar-refractivity contribution in [2.75, 3.05) is 51.6 Å². The minimum atomic E-state index is -0.956. The van der Waals surface area contributed by atoms with Crippen molar-refractivity contribution in [2.45, 2.75) is 24.9 Å². The molecule has 2 fully saturated rings. The number of urea groups is 1. The molecule has 4 rings (SSSR count). The molecule has 3 amide bonds. The second-order valence-electron chi connectivity index (χ2n) is 9.09. The molecule has 0 aromatic heterocycles. The van der Waals surface area contributed by atoms with E-state index < -0.39 is 12.1 Å². The fraction of sp³-hybridized carbons (Fsp3) is 0.440. The molecule has 1 unspecified atom stereocenters. The molecule has 2 saturated heterocycles. The lowest BCUT2D eigenvalue weighted by Crippen LogP contribution is -2.58. The molecular weight excluding hydrogens is 487 g/mol. The van der Waals surface area contributed by atoms with E-state index in [1.165, 1.54) is 12.8 Å². The number of amides is 3. The van der Waals surface area contributed by atoms with Crippen molar-refractivity contribution in [3.63, 3.8) is 0 Å². The number of anilines is 1. The van der Waals surface area contributed by atoms with E-state index in [2.05, 4.69) is 32.9 Å². The predicted molar refractivity (Wildman–Crippen MR) is 140 cm³/mol. The number of likely N-dealkylation sites (tertiary alicyclic amines) is 1. The predicted octanol–water partition coefficient (Wildman–Crippen LogP) is 3.60. The highest BCUT2D eigenvalue weighted by Crippen LogP contribution is 2.24. The molecule has 0 spiro atoms. The third kappa shape index (κ3) is 7.08. The van der Waals surface area contributed by atoms with Crippen LogP contribution in [0, 0.1) is 0 Å². The summed E-state index contributed by atoms with van der Waals surface area (Å²) in [5.41, 5.74) is 4.09. The molecule has 2 aromatic rings. The molecule has 2 aromatic carbocycles. The van der Waals surface area contributed by atoms with Crippen molar-refractivity contribution < 1.29 is 9.59 Å². The Morgan fingerprint density at radius 2 is 1.57 bits per heavy atom. The molecule has 2 aliphatic rings. The Labute approximate surface area is 216 Å². The molecule has 10 heteroatoms. The Morgan fingerprint density at radius 1 is 0.914 bits per heavy atom. The van der Waals surface area contributed by atoms with Crippen LogP contribution in [0.15, 0.2) is 48.5 Å². The number of piperazine rings is 1. The first-order chi connectivity index (χ1) is 16.9. The Morgan fingerprint density at radius 3 is 2.23 bits per heavy atom. The Balaban J connectivity index is 1.37. The van der Waals surface area contributed by atoms with Gasteiger partial charge in [-0.15, -0.1) is 0 Å². The highest BCUT2D eigenvalue weighted by molar-refractivity contribution is 6.31. The van der Waals surface area contributed by atoms with Crippen LogP contribution in [0.3, 0.4) is 0 Å². The molecular formula is C25H32Cl2N6O2. The van der Waals surface area contributed by atoms with E-state index in [4.69, 9.17) is 23.2 Å². The SMILES string of the molecule is CN1CCC(N2CCN(NC(=O)C(NC(=O)Nc3ccc(Cl)cc3)c3ccccc3Cl)CC2)CC1. The van der Waals surface area contributed by atoms with Crippen LogP contribution < -0.4 is 16.1 Å². The standard InChI is InChI=1S/C25H32Cl2N6O2/c1-31-12-10-20(11-13-31)32-14-16-33(17-15-32)30-24(34)23(21-4-2-3-5-22(21)27)29-25(35)28-19-8-6-18(26)7-9-19/h2-9,20,23H,10-17H2,1H3,(H,30,34)(H2,28,29,35). The van der Waals surface area contributed by atoms with Gasteiger partial charge in [0, 0.05) is 53.5 Å². The van der Waals surface area contributed by atoms with E-state index in [1.54, 1.807) is 48.5 Å². The monoisotopic (exact) mass is 518 g/mol. The summed E-state index contributed by atoms with van der Waals surface area (Å²) in [4.78, 5) is 31.0. The molecule has 188 valence electrons. The molecule has 0 saturated carbocycles. The average Bonchev–Trinajstić information content (AvgIpc) is 2.85. The number of carbonyl (C=O) groups is 2. The maximum absolute atomic E-state index is 13.3. The van der Waals surface area contributed by atoms with Gasteiger partial charge in [0.15, 0.2) is 0 Å². The summed E-state index contributed by atoms with van der Waals surface area (Å²) < 4.78 is 0. The van der Waals surface area contributed by atoms with Crippen LogP contribution in [0.2, 0.25) is 10.0 Å². The van der Waals surface area contributed by atoms with Gasteiger partial charge in [0.2, 0.25) is 0 Å². The Kier molecular flexibility index (Phi) is 8.86. The van der Waals surface area contributed by atoms with Gasteiger partial charge in [-0.05, 0) is 63.3 Å². The number of halogens is 2. The summed E-state index contributed by atoms with van der Waals surface area (Å²) in [6, 6.07) is 12.9. The first-order valence-corrected chi connectivity index (χ1v) is 12.7. The van der Waals surface area contributed by atoms with Crippen molar-refractivity contribution in [3.05, 3.63) is 64.1 Å². The first kappa shape index (κ1) is 25.7. The number of carbonyl (C=O) groups excluding carboxylic acids is 2. The van der Waals surface area contributed by atoms with Gasteiger partial charge < -0.3 is 15.5 Å².